The number of carboxylic acid groups (broad SMARTS) is 1. The number of nitrogens with zero attached hydrogens (tertiary/aromatic N) is 2. The number of thiocarbonyl (C=S) groups is 1. The lowest BCUT2D eigenvalue weighted by Gasteiger charge is -2.38. The Morgan fingerprint density at radius 1 is 1.16 bits per heavy atom. The molecule has 1 saturated heterocycles. The van der Waals surface area contributed by atoms with Gasteiger partial charge in [0.25, 0.3) is 5.91 Å². The van der Waals surface area contributed by atoms with Crippen molar-refractivity contribution in [2.24, 2.45) is 17.6 Å². The molecule has 3 fully saturated rings. The van der Waals surface area contributed by atoms with Crippen molar-refractivity contribution in [3.63, 3.8) is 0 Å². The van der Waals surface area contributed by atoms with Crippen molar-refractivity contribution in [1.29, 1.82) is 0 Å². The summed E-state index contributed by atoms with van der Waals surface area (Å²) in [6, 6.07) is 6.16. The lowest BCUT2D eigenvalue weighted by Crippen LogP contribution is -2.57. The van der Waals surface area contributed by atoms with E-state index < -0.39 is 35.9 Å². The molecule has 1 aromatic heterocycles. The summed E-state index contributed by atoms with van der Waals surface area (Å²) in [4.78, 5) is 54.1. The zero-order chi connectivity index (χ0) is 35.6. The van der Waals surface area contributed by atoms with Crippen LogP contribution in [0.4, 0.5) is 4.79 Å². The molecule has 264 valence electrons. The van der Waals surface area contributed by atoms with Crippen molar-refractivity contribution in [3.05, 3.63) is 40.5 Å². The average Bonchev–Trinajstić information content (AvgIpc) is 3.82. The van der Waals surface area contributed by atoms with Crippen LogP contribution in [0, 0.1) is 11.8 Å². The number of carbonyl (C=O) groups is 4. The molecule has 2 saturated carbocycles. The summed E-state index contributed by atoms with van der Waals surface area (Å²) in [5.74, 6) is 1.85. The smallest absolute Gasteiger partial charge is 0.408 e. The number of furan rings is 1. The molecule has 2 heterocycles. The highest BCUT2D eigenvalue weighted by Crippen LogP contribution is 2.49. The van der Waals surface area contributed by atoms with Crippen LogP contribution in [-0.2, 0) is 20.8 Å². The molecular weight excluding hydrogens is 669 g/mol. The summed E-state index contributed by atoms with van der Waals surface area (Å²) in [7, 11) is 3.13. The van der Waals surface area contributed by atoms with Crippen LogP contribution >= 0.6 is 24.0 Å². The molecule has 14 heteroatoms. The van der Waals surface area contributed by atoms with Crippen LogP contribution in [0.3, 0.4) is 0 Å². The molecule has 4 atom stereocenters. The van der Waals surface area contributed by atoms with Gasteiger partial charge in [-0.2, -0.15) is 0 Å². The summed E-state index contributed by atoms with van der Waals surface area (Å²) in [6.07, 6.45) is 5.37. The quantitative estimate of drug-likeness (QED) is 0.139. The summed E-state index contributed by atoms with van der Waals surface area (Å²) >= 11 is 6.99. The molecule has 0 radical (unpaired) electrons. The number of thioether (sulfide) groups is 1. The Balaban J connectivity index is 1.37. The van der Waals surface area contributed by atoms with Crippen LogP contribution in [0.1, 0.15) is 70.6 Å². The first-order chi connectivity index (χ1) is 23.2. The van der Waals surface area contributed by atoms with Crippen molar-refractivity contribution in [1.82, 2.24) is 15.1 Å². The number of nitrogens with one attached hydrogen (secondary N) is 1. The van der Waals surface area contributed by atoms with E-state index in [0.717, 1.165) is 29.7 Å². The van der Waals surface area contributed by atoms with Gasteiger partial charge >= 0.3 is 6.09 Å². The molecule has 2 aliphatic carbocycles. The summed E-state index contributed by atoms with van der Waals surface area (Å²) < 4.78 is 17.9. The molecular formula is C35H44N4O8S2. The Morgan fingerprint density at radius 3 is 2.41 bits per heavy atom. The summed E-state index contributed by atoms with van der Waals surface area (Å²) in [5.41, 5.74) is 5.94. The van der Waals surface area contributed by atoms with Gasteiger partial charge in [-0.3, -0.25) is 24.2 Å². The third-order valence-corrected chi connectivity index (χ3v) is 10.8. The van der Waals surface area contributed by atoms with E-state index in [-0.39, 0.29) is 18.5 Å². The maximum absolute atomic E-state index is 13.7. The molecule has 0 spiro atoms. The van der Waals surface area contributed by atoms with Crippen LogP contribution in [0.25, 0.3) is 17.4 Å². The van der Waals surface area contributed by atoms with Crippen LogP contribution < -0.4 is 20.5 Å². The second kappa shape index (κ2) is 14.8. The second-order valence-electron chi connectivity index (χ2n) is 13.8. The molecule has 4 N–H and O–H groups in total. The number of rotatable bonds is 13. The van der Waals surface area contributed by atoms with Gasteiger partial charge in [0, 0.05) is 35.8 Å². The molecule has 4 amide bonds. The largest absolute Gasteiger partial charge is 0.497 e. The zero-order valence-corrected chi connectivity index (χ0v) is 30.1. The van der Waals surface area contributed by atoms with Crippen LogP contribution in [0.15, 0.2) is 33.6 Å². The topological polar surface area (TPSA) is 165 Å². The first kappa shape index (κ1) is 36.2. The standard InChI is InChI=1S/C35H44N4O8S2/c1-35(2,3)39(33(43)44)26(17-30(36)40)31(41)37-10-6-7-21-15-27(22-13-23(45-4)16-24(14-22)46-5)47-28(21)18-29-32(42)38(34(48)49-29)25-12-19-8-9-20(25)11-19/h13-16,18-20,25-26H,6-12,17H2,1-5H3,(H2,36,40)(H,37,41)(H,43,44)/b29-18-/t19?,20?,25?,26-/m0/s1. The van der Waals surface area contributed by atoms with Crippen LogP contribution in [0.5, 0.6) is 11.5 Å². The zero-order valence-electron chi connectivity index (χ0n) is 28.4. The number of hydrogen-bond acceptors (Lipinski definition) is 9. The van der Waals surface area contributed by atoms with Gasteiger partial charge < -0.3 is 30.0 Å². The van der Waals surface area contributed by atoms with Gasteiger partial charge in [-0.1, -0.05) is 30.4 Å². The number of amides is 4. The predicted molar refractivity (Wildman–Crippen MR) is 190 cm³/mol. The fourth-order valence-corrected chi connectivity index (χ4v) is 8.60. The van der Waals surface area contributed by atoms with Gasteiger partial charge in [0.1, 0.15) is 33.4 Å². The number of fused-ring (bicyclic) bond motifs is 2. The van der Waals surface area contributed by atoms with E-state index in [0.29, 0.717) is 62.5 Å². The second-order valence-corrected chi connectivity index (χ2v) is 15.5. The fraction of sp³-hybridized carbons (Fsp3) is 0.514. The Morgan fingerprint density at radius 2 is 1.86 bits per heavy atom. The van der Waals surface area contributed by atoms with Crippen LogP contribution in [0.2, 0.25) is 0 Å². The van der Waals surface area contributed by atoms with E-state index in [4.69, 9.17) is 31.8 Å². The molecule has 1 aromatic carbocycles. The summed E-state index contributed by atoms with van der Waals surface area (Å²) in [6.45, 7) is 5.11. The minimum absolute atomic E-state index is 0.103. The van der Waals surface area contributed by atoms with E-state index in [1.54, 1.807) is 47.1 Å². The lowest BCUT2D eigenvalue weighted by molar-refractivity contribution is -0.131. The Kier molecular flexibility index (Phi) is 11.0. The molecule has 3 aliphatic rings. The highest BCUT2D eigenvalue weighted by Gasteiger charge is 2.48. The van der Waals surface area contributed by atoms with Gasteiger partial charge in [-0.05, 0) is 88.5 Å². The van der Waals surface area contributed by atoms with Crippen molar-refractivity contribution in [2.75, 3.05) is 20.8 Å². The monoisotopic (exact) mass is 712 g/mol. The minimum Gasteiger partial charge on any atom is -0.497 e. The lowest BCUT2D eigenvalue weighted by atomic mass is 9.94. The highest BCUT2D eigenvalue weighted by molar-refractivity contribution is 8.26. The van der Waals surface area contributed by atoms with Gasteiger partial charge in [0.05, 0.1) is 25.5 Å². The third kappa shape index (κ3) is 8.07. The van der Waals surface area contributed by atoms with Crippen molar-refractivity contribution >= 4 is 58.2 Å². The van der Waals surface area contributed by atoms with Crippen molar-refractivity contribution in [2.45, 2.75) is 83.3 Å². The molecule has 2 bridgehead atoms. The maximum atomic E-state index is 13.7. The van der Waals surface area contributed by atoms with E-state index in [9.17, 15) is 24.3 Å². The predicted octanol–water partition coefficient (Wildman–Crippen LogP) is 5.42. The first-order valence-electron chi connectivity index (χ1n) is 16.4. The number of hydrogen-bond donors (Lipinski definition) is 3. The van der Waals surface area contributed by atoms with E-state index in [1.807, 2.05) is 23.1 Å². The molecule has 12 nitrogen and oxygen atoms in total. The number of benzene rings is 1. The van der Waals surface area contributed by atoms with Gasteiger partial charge in [-0.25, -0.2) is 4.79 Å². The SMILES string of the molecule is COc1cc(OC)cc(-c2cc(CCCNC(=O)[C@H](CC(N)=O)N(C(=O)O)C(C)(C)C)c(/C=C3\SC(=S)N(C4CC5CCC4C5)C3=O)o2)c1. The molecule has 5 rings (SSSR count). The number of nitrogens with two attached hydrogens (primary N) is 1. The Bertz CT molecular complexity index is 1640. The maximum Gasteiger partial charge on any atom is 0.408 e. The highest BCUT2D eigenvalue weighted by atomic mass is 32.2. The third-order valence-electron chi connectivity index (χ3n) is 9.46. The summed E-state index contributed by atoms with van der Waals surface area (Å²) in [5, 5.41) is 12.6. The molecule has 1 aliphatic heterocycles. The molecule has 2 aromatic rings. The number of ether oxygens (including phenoxy) is 2. The van der Waals surface area contributed by atoms with Crippen molar-refractivity contribution in [3.8, 4) is 22.8 Å². The Hall–Kier alpha value is -4.04. The van der Waals surface area contributed by atoms with E-state index in [2.05, 4.69) is 5.32 Å². The van der Waals surface area contributed by atoms with Gasteiger partial charge in [-0.15, -0.1) is 0 Å². The van der Waals surface area contributed by atoms with Crippen molar-refractivity contribution < 1.29 is 38.2 Å². The van der Waals surface area contributed by atoms with E-state index in [1.165, 1.54) is 18.2 Å². The Labute approximate surface area is 295 Å². The van der Waals surface area contributed by atoms with E-state index >= 15 is 0 Å². The fourth-order valence-electron chi connectivity index (χ4n) is 7.25. The number of carbonyl (C=O) groups excluding carboxylic acids is 3. The van der Waals surface area contributed by atoms with Gasteiger partial charge in [0.15, 0.2) is 0 Å². The average molecular weight is 713 g/mol. The number of primary amides is 1. The minimum atomic E-state index is -1.33. The first-order valence-corrected chi connectivity index (χ1v) is 17.6. The number of methoxy groups -OCH3 is 2. The normalized spacial score (nSPS) is 21.7. The molecule has 3 unspecified atom stereocenters. The molecule has 49 heavy (non-hydrogen) atoms. The van der Waals surface area contributed by atoms with Gasteiger partial charge in [0.2, 0.25) is 11.8 Å². The number of aryl methyl sites for hydroxylation is 1. The van der Waals surface area contributed by atoms with Crippen LogP contribution in [-0.4, -0.2) is 81.4 Å².